The number of piperidine rings is 1. The fourth-order valence-electron chi connectivity index (χ4n) is 2.80. The highest BCUT2D eigenvalue weighted by Gasteiger charge is 2.23. The molecule has 2 heterocycles. The van der Waals surface area contributed by atoms with Crippen LogP contribution in [-0.2, 0) is 11.2 Å². The van der Waals surface area contributed by atoms with E-state index in [1.807, 2.05) is 35.2 Å². The summed E-state index contributed by atoms with van der Waals surface area (Å²) < 4.78 is 5.96. The summed E-state index contributed by atoms with van der Waals surface area (Å²) in [7, 11) is 0. The van der Waals surface area contributed by atoms with E-state index < -0.39 is 0 Å². The molecule has 1 amide bonds. The van der Waals surface area contributed by atoms with Gasteiger partial charge < -0.3 is 9.64 Å². The second-order valence-electron chi connectivity index (χ2n) is 5.73. The summed E-state index contributed by atoms with van der Waals surface area (Å²) >= 11 is 7.69. The van der Waals surface area contributed by atoms with Crippen LogP contribution in [0.5, 0.6) is 5.75 Å². The maximum Gasteiger partial charge on any atom is 0.222 e. The maximum absolute atomic E-state index is 12.3. The number of halogens is 1. The van der Waals surface area contributed by atoms with Gasteiger partial charge in [0, 0.05) is 42.3 Å². The van der Waals surface area contributed by atoms with E-state index in [2.05, 4.69) is 11.4 Å². The minimum absolute atomic E-state index is 0.162. The van der Waals surface area contributed by atoms with Crippen LogP contribution in [0.2, 0.25) is 5.02 Å². The molecule has 1 aromatic carbocycles. The molecule has 0 radical (unpaired) electrons. The number of carbonyl (C=O) groups is 1. The first-order chi connectivity index (χ1) is 11.2. The molecule has 122 valence electrons. The SMILES string of the molecule is O=C(CCc1cccs1)N1CCC(Oc2cccc(Cl)c2)CC1. The highest BCUT2D eigenvalue weighted by atomic mass is 35.5. The average Bonchev–Trinajstić information content (AvgIpc) is 3.07. The molecule has 1 aromatic heterocycles. The Morgan fingerprint density at radius 2 is 2.09 bits per heavy atom. The number of ether oxygens (including phenoxy) is 1. The summed E-state index contributed by atoms with van der Waals surface area (Å²) in [5.41, 5.74) is 0. The van der Waals surface area contributed by atoms with E-state index >= 15 is 0 Å². The molecule has 2 aromatic rings. The maximum atomic E-state index is 12.3. The lowest BCUT2D eigenvalue weighted by molar-refractivity contribution is -0.132. The van der Waals surface area contributed by atoms with Crippen molar-refractivity contribution in [3.63, 3.8) is 0 Å². The van der Waals surface area contributed by atoms with Gasteiger partial charge in [0.1, 0.15) is 11.9 Å². The Bertz CT molecular complexity index is 636. The number of carbonyl (C=O) groups excluding carboxylic acids is 1. The Kier molecular flexibility index (Phi) is 5.57. The molecule has 3 nitrogen and oxygen atoms in total. The van der Waals surface area contributed by atoms with E-state index in [-0.39, 0.29) is 12.0 Å². The molecule has 23 heavy (non-hydrogen) atoms. The molecular weight excluding hydrogens is 330 g/mol. The quantitative estimate of drug-likeness (QED) is 0.800. The summed E-state index contributed by atoms with van der Waals surface area (Å²) in [6.45, 7) is 1.54. The standard InChI is InChI=1S/C18H20ClNO2S/c19-14-3-1-4-16(13-14)22-15-8-10-20(11-9-15)18(21)7-6-17-5-2-12-23-17/h1-5,12-13,15H,6-11H2. The number of hydrogen-bond donors (Lipinski definition) is 0. The van der Waals surface area contributed by atoms with Gasteiger partial charge in [-0.25, -0.2) is 0 Å². The summed E-state index contributed by atoms with van der Waals surface area (Å²) in [5, 5.41) is 2.74. The predicted octanol–water partition coefficient (Wildman–Crippen LogP) is 4.40. The third-order valence-corrected chi connectivity index (χ3v) is 5.23. The minimum Gasteiger partial charge on any atom is -0.490 e. The van der Waals surface area contributed by atoms with E-state index in [0.717, 1.165) is 38.1 Å². The topological polar surface area (TPSA) is 29.5 Å². The van der Waals surface area contributed by atoms with Crippen LogP contribution in [0, 0.1) is 0 Å². The Hall–Kier alpha value is -1.52. The van der Waals surface area contributed by atoms with Crippen LogP contribution in [0.15, 0.2) is 41.8 Å². The highest BCUT2D eigenvalue weighted by Crippen LogP contribution is 2.22. The number of nitrogens with zero attached hydrogens (tertiary/aromatic N) is 1. The summed E-state index contributed by atoms with van der Waals surface area (Å²) in [4.78, 5) is 15.5. The van der Waals surface area contributed by atoms with Crippen molar-refractivity contribution in [2.45, 2.75) is 31.8 Å². The van der Waals surface area contributed by atoms with E-state index in [1.54, 1.807) is 11.3 Å². The van der Waals surface area contributed by atoms with E-state index in [0.29, 0.717) is 11.4 Å². The van der Waals surface area contributed by atoms with Crippen molar-refractivity contribution in [2.75, 3.05) is 13.1 Å². The van der Waals surface area contributed by atoms with E-state index in [1.165, 1.54) is 4.88 Å². The molecule has 1 fully saturated rings. The van der Waals surface area contributed by atoms with Crippen LogP contribution >= 0.6 is 22.9 Å². The van der Waals surface area contributed by atoms with Gasteiger partial charge in [0.2, 0.25) is 5.91 Å². The molecule has 1 saturated heterocycles. The van der Waals surface area contributed by atoms with Crippen LogP contribution in [0.4, 0.5) is 0 Å². The minimum atomic E-state index is 0.162. The van der Waals surface area contributed by atoms with Crippen LogP contribution in [0.1, 0.15) is 24.1 Å². The molecule has 0 unspecified atom stereocenters. The van der Waals surface area contributed by atoms with Crippen LogP contribution < -0.4 is 4.74 Å². The van der Waals surface area contributed by atoms with Gasteiger partial charge in [0.15, 0.2) is 0 Å². The lowest BCUT2D eigenvalue weighted by atomic mass is 10.1. The van der Waals surface area contributed by atoms with Gasteiger partial charge in [-0.1, -0.05) is 23.7 Å². The number of aryl methyl sites for hydroxylation is 1. The highest BCUT2D eigenvalue weighted by molar-refractivity contribution is 7.09. The lowest BCUT2D eigenvalue weighted by Gasteiger charge is -2.32. The van der Waals surface area contributed by atoms with Gasteiger partial charge >= 0.3 is 0 Å². The van der Waals surface area contributed by atoms with Gasteiger partial charge in [-0.2, -0.15) is 0 Å². The largest absolute Gasteiger partial charge is 0.490 e. The number of benzene rings is 1. The Morgan fingerprint density at radius 3 is 2.78 bits per heavy atom. The number of amides is 1. The smallest absolute Gasteiger partial charge is 0.222 e. The second kappa shape index (κ2) is 7.84. The number of thiophene rings is 1. The summed E-state index contributed by atoms with van der Waals surface area (Å²) in [5.74, 6) is 1.06. The van der Waals surface area contributed by atoms with Crippen molar-refractivity contribution in [2.24, 2.45) is 0 Å². The molecule has 0 spiro atoms. The number of hydrogen-bond acceptors (Lipinski definition) is 3. The molecule has 1 aliphatic rings. The fraction of sp³-hybridized carbons (Fsp3) is 0.389. The fourth-order valence-corrected chi connectivity index (χ4v) is 3.69. The zero-order valence-electron chi connectivity index (χ0n) is 12.9. The zero-order chi connectivity index (χ0) is 16.1. The first-order valence-electron chi connectivity index (χ1n) is 7.93. The summed E-state index contributed by atoms with van der Waals surface area (Å²) in [6, 6.07) is 11.6. The lowest BCUT2D eigenvalue weighted by Crippen LogP contribution is -2.41. The van der Waals surface area contributed by atoms with Gasteiger partial charge in [-0.05, 0) is 36.1 Å². The molecule has 0 saturated carbocycles. The van der Waals surface area contributed by atoms with Crippen LogP contribution in [-0.4, -0.2) is 30.0 Å². The average molecular weight is 350 g/mol. The third kappa shape index (κ3) is 4.72. The van der Waals surface area contributed by atoms with Gasteiger partial charge in [0.25, 0.3) is 0 Å². The molecule has 5 heteroatoms. The third-order valence-electron chi connectivity index (χ3n) is 4.06. The molecule has 0 atom stereocenters. The Morgan fingerprint density at radius 1 is 1.26 bits per heavy atom. The van der Waals surface area contributed by atoms with Crippen molar-refractivity contribution >= 4 is 28.8 Å². The van der Waals surface area contributed by atoms with E-state index in [9.17, 15) is 4.79 Å². The number of likely N-dealkylation sites (tertiary alicyclic amines) is 1. The van der Waals surface area contributed by atoms with Crippen molar-refractivity contribution in [3.8, 4) is 5.75 Å². The monoisotopic (exact) mass is 349 g/mol. The first-order valence-corrected chi connectivity index (χ1v) is 9.19. The molecule has 0 bridgehead atoms. The molecule has 3 rings (SSSR count). The normalized spacial score (nSPS) is 15.6. The number of rotatable bonds is 5. The van der Waals surface area contributed by atoms with Crippen molar-refractivity contribution < 1.29 is 9.53 Å². The summed E-state index contributed by atoms with van der Waals surface area (Å²) in [6.07, 6.45) is 3.35. The Balaban J connectivity index is 1.43. The van der Waals surface area contributed by atoms with Crippen molar-refractivity contribution in [3.05, 3.63) is 51.7 Å². The Labute approximate surface area is 145 Å². The van der Waals surface area contributed by atoms with Gasteiger partial charge in [0.05, 0.1) is 0 Å². The van der Waals surface area contributed by atoms with Crippen LogP contribution in [0.3, 0.4) is 0 Å². The van der Waals surface area contributed by atoms with Gasteiger partial charge in [-0.15, -0.1) is 11.3 Å². The molecular formula is C18H20ClNO2S. The zero-order valence-corrected chi connectivity index (χ0v) is 14.5. The van der Waals surface area contributed by atoms with Crippen molar-refractivity contribution in [1.29, 1.82) is 0 Å². The van der Waals surface area contributed by atoms with E-state index in [4.69, 9.17) is 16.3 Å². The first kappa shape index (κ1) is 16.3. The molecule has 1 aliphatic heterocycles. The van der Waals surface area contributed by atoms with Crippen molar-refractivity contribution in [1.82, 2.24) is 4.90 Å². The molecule has 0 N–H and O–H groups in total. The van der Waals surface area contributed by atoms with Gasteiger partial charge in [-0.3, -0.25) is 4.79 Å². The van der Waals surface area contributed by atoms with Crippen LogP contribution in [0.25, 0.3) is 0 Å². The predicted molar refractivity (Wildman–Crippen MR) is 94.3 cm³/mol. The molecule has 0 aliphatic carbocycles. The second-order valence-corrected chi connectivity index (χ2v) is 7.20.